The molecule has 0 bridgehead atoms. The van der Waals surface area contributed by atoms with Crippen LogP contribution in [0.15, 0.2) is 9.63 Å². The Bertz CT molecular complexity index is 711. The molecule has 0 N–H and O–H groups in total. The first-order chi connectivity index (χ1) is 9.71. The molecule has 1 saturated heterocycles. The van der Waals surface area contributed by atoms with Gasteiger partial charge in [-0.25, -0.2) is 21.5 Å². The van der Waals surface area contributed by atoms with Crippen molar-refractivity contribution in [2.24, 2.45) is 7.05 Å². The number of sulfone groups is 1. The Morgan fingerprint density at radius 3 is 2.57 bits per heavy atom. The second-order valence-corrected chi connectivity index (χ2v) is 10.6. The molecule has 0 spiro atoms. The summed E-state index contributed by atoms with van der Waals surface area (Å²) in [5.74, 6) is 0.686. The smallest absolute Gasteiger partial charge is 0.235 e. The third-order valence-corrected chi connectivity index (χ3v) is 9.36. The molecule has 1 fully saturated rings. The summed E-state index contributed by atoms with van der Waals surface area (Å²) in [5.41, 5.74) is 0. The van der Waals surface area contributed by atoms with E-state index in [1.165, 1.54) is 25.7 Å². The Kier molecular flexibility index (Phi) is 5.03. The number of aryl methyl sites for hydroxylation is 1. The van der Waals surface area contributed by atoms with Crippen LogP contribution in [0, 0.1) is 0 Å². The van der Waals surface area contributed by atoms with E-state index in [9.17, 15) is 16.8 Å². The zero-order chi connectivity index (χ0) is 15.8. The maximum Gasteiger partial charge on any atom is 0.264 e. The Hall–Kier alpha value is -0.170. The van der Waals surface area contributed by atoms with Crippen molar-refractivity contribution in [2.45, 2.75) is 17.3 Å². The van der Waals surface area contributed by atoms with Crippen molar-refractivity contribution in [1.29, 1.82) is 0 Å². The minimum Gasteiger partial charge on any atom is -0.235 e. The molecule has 8 nitrogen and oxygen atoms in total. The number of nitrogens with zero attached hydrogens (tertiary/aromatic N) is 4. The van der Waals surface area contributed by atoms with Gasteiger partial charge in [-0.1, -0.05) is 12.1 Å². The highest BCUT2D eigenvalue weighted by molar-refractivity contribution is 9.10. The highest BCUT2D eigenvalue weighted by atomic mass is 79.9. The summed E-state index contributed by atoms with van der Waals surface area (Å²) in [7, 11) is -6.05. The number of halogens is 1. The van der Waals surface area contributed by atoms with Gasteiger partial charge in [-0.15, -0.1) is 5.10 Å². The van der Waals surface area contributed by atoms with Gasteiger partial charge in [0.05, 0.1) is 0 Å². The fourth-order valence-corrected chi connectivity index (χ4v) is 8.31. The zero-order valence-corrected chi connectivity index (χ0v) is 15.5. The first-order valence-corrected chi connectivity index (χ1v) is 11.2. The number of rotatable bonds is 4. The van der Waals surface area contributed by atoms with E-state index in [1.807, 2.05) is 0 Å². The topological polar surface area (TPSA) is 102 Å². The fraction of sp³-hybridized carbons (Fsp3) is 0.778. The molecule has 0 aliphatic carbocycles. The number of thioether (sulfide) groups is 1. The maximum atomic E-state index is 12.8. The fourth-order valence-electron chi connectivity index (χ4n) is 2.02. The van der Waals surface area contributed by atoms with E-state index >= 15 is 0 Å². The summed E-state index contributed by atoms with van der Waals surface area (Å²) in [6.07, 6.45) is 0. The number of hydrogen-bond donors (Lipinski definition) is 0. The van der Waals surface area contributed by atoms with Crippen LogP contribution in [0.25, 0.3) is 0 Å². The Labute approximate surface area is 136 Å². The second kappa shape index (κ2) is 6.14. The average molecular weight is 419 g/mol. The molecule has 1 aliphatic rings. The molecule has 1 atom stereocenters. The standard InChI is InChI=1S/C9H15BrN4O4S3/c1-3-20(15,16)7-6-19-5-4-14(7)21(17,18)9-8(10)11-12-13(9)2/h7H,3-6H2,1-2H3. The molecule has 0 radical (unpaired) electrons. The Balaban J connectivity index is 2.52. The van der Waals surface area contributed by atoms with Crippen LogP contribution in [0.5, 0.6) is 0 Å². The van der Waals surface area contributed by atoms with Crippen LogP contribution < -0.4 is 0 Å². The monoisotopic (exact) mass is 418 g/mol. The van der Waals surface area contributed by atoms with Crippen LogP contribution >= 0.6 is 27.7 Å². The van der Waals surface area contributed by atoms with Crippen molar-refractivity contribution in [3.05, 3.63) is 4.60 Å². The molecule has 1 aliphatic heterocycles. The molecular formula is C9H15BrN4O4S3. The van der Waals surface area contributed by atoms with Crippen LogP contribution in [0.3, 0.4) is 0 Å². The SMILES string of the molecule is CCS(=O)(=O)C1CSCCN1S(=O)(=O)c1c(Br)nnn1C. The molecule has 1 unspecified atom stereocenters. The predicted molar refractivity (Wildman–Crippen MR) is 83.2 cm³/mol. The summed E-state index contributed by atoms with van der Waals surface area (Å²) >= 11 is 4.49. The van der Waals surface area contributed by atoms with Crippen molar-refractivity contribution in [1.82, 2.24) is 19.3 Å². The maximum absolute atomic E-state index is 12.8. The molecule has 120 valence electrons. The molecule has 0 amide bonds. The van der Waals surface area contributed by atoms with Crippen LogP contribution in [-0.2, 0) is 26.9 Å². The van der Waals surface area contributed by atoms with Crippen molar-refractivity contribution in [2.75, 3.05) is 23.8 Å². The molecule has 12 heteroatoms. The molecule has 1 aromatic heterocycles. The lowest BCUT2D eigenvalue weighted by Crippen LogP contribution is -2.50. The van der Waals surface area contributed by atoms with Gasteiger partial charge in [0.2, 0.25) is 5.03 Å². The van der Waals surface area contributed by atoms with Gasteiger partial charge in [0.25, 0.3) is 10.0 Å². The minimum absolute atomic E-state index is 0.0795. The molecule has 21 heavy (non-hydrogen) atoms. The largest absolute Gasteiger partial charge is 0.264 e. The van der Waals surface area contributed by atoms with Gasteiger partial charge in [0.1, 0.15) is 5.37 Å². The van der Waals surface area contributed by atoms with Crippen molar-refractivity contribution < 1.29 is 16.8 Å². The highest BCUT2D eigenvalue weighted by Gasteiger charge is 2.42. The number of aromatic nitrogens is 3. The Morgan fingerprint density at radius 1 is 1.38 bits per heavy atom. The third-order valence-electron chi connectivity index (χ3n) is 3.14. The highest BCUT2D eigenvalue weighted by Crippen LogP contribution is 2.30. The van der Waals surface area contributed by atoms with E-state index in [0.29, 0.717) is 5.75 Å². The van der Waals surface area contributed by atoms with Crippen molar-refractivity contribution >= 4 is 47.6 Å². The summed E-state index contributed by atoms with van der Waals surface area (Å²) < 4.78 is 52.2. The van der Waals surface area contributed by atoms with Gasteiger partial charge in [-0.3, -0.25) is 0 Å². The van der Waals surface area contributed by atoms with Crippen LogP contribution in [-0.4, -0.2) is 65.3 Å². The first kappa shape index (κ1) is 17.2. The van der Waals surface area contributed by atoms with E-state index < -0.39 is 25.2 Å². The normalized spacial score (nSPS) is 21.6. The minimum atomic E-state index is -3.99. The molecular weight excluding hydrogens is 404 g/mol. The van der Waals surface area contributed by atoms with E-state index in [0.717, 1.165) is 8.99 Å². The van der Waals surface area contributed by atoms with Gasteiger partial charge in [0, 0.05) is 30.9 Å². The lowest BCUT2D eigenvalue weighted by atomic mass is 10.6. The molecule has 1 aromatic rings. The Morgan fingerprint density at radius 2 is 2.05 bits per heavy atom. The summed E-state index contributed by atoms with van der Waals surface area (Å²) in [4.78, 5) is 0. The van der Waals surface area contributed by atoms with Crippen LogP contribution in [0.2, 0.25) is 0 Å². The van der Waals surface area contributed by atoms with Crippen LogP contribution in [0.4, 0.5) is 0 Å². The summed E-state index contributed by atoms with van der Waals surface area (Å²) in [6.45, 7) is 1.66. The quantitative estimate of drug-likeness (QED) is 0.681. The van der Waals surface area contributed by atoms with Gasteiger partial charge in [-0.2, -0.15) is 16.1 Å². The van der Waals surface area contributed by atoms with Gasteiger partial charge < -0.3 is 0 Å². The summed E-state index contributed by atoms with van der Waals surface area (Å²) in [5, 5.41) is 6.12. The van der Waals surface area contributed by atoms with E-state index in [2.05, 4.69) is 26.2 Å². The lowest BCUT2D eigenvalue weighted by molar-refractivity contribution is 0.398. The zero-order valence-electron chi connectivity index (χ0n) is 11.4. The lowest BCUT2D eigenvalue weighted by Gasteiger charge is -2.33. The molecule has 0 aromatic carbocycles. The summed E-state index contributed by atoms with van der Waals surface area (Å²) in [6, 6.07) is 0. The van der Waals surface area contributed by atoms with Crippen molar-refractivity contribution in [3.63, 3.8) is 0 Å². The molecule has 0 saturated carbocycles. The van der Waals surface area contributed by atoms with Crippen molar-refractivity contribution in [3.8, 4) is 0 Å². The van der Waals surface area contributed by atoms with Gasteiger partial charge in [-0.05, 0) is 15.9 Å². The predicted octanol–water partition coefficient (Wildman–Crippen LogP) is 0.0759. The van der Waals surface area contributed by atoms with Gasteiger partial charge >= 0.3 is 0 Å². The van der Waals surface area contributed by atoms with E-state index in [1.54, 1.807) is 0 Å². The third kappa shape index (κ3) is 3.14. The number of sulfonamides is 1. The number of hydrogen-bond acceptors (Lipinski definition) is 7. The van der Waals surface area contributed by atoms with Gasteiger partial charge in [0.15, 0.2) is 14.4 Å². The second-order valence-electron chi connectivity index (χ2n) is 4.41. The van der Waals surface area contributed by atoms with E-state index in [-0.39, 0.29) is 27.7 Å². The van der Waals surface area contributed by atoms with Crippen LogP contribution in [0.1, 0.15) is 6.92 Å². The molecule has 2 heterocycles. The first-order valence-electron chi connectivity index (χ1n) is 6.08. The average Bonchev–Trinajstić information content (AvgIpc) is 2.78. The van der Waals surface area contributed by atoms with E-state index in [4.69, 9.17) is 0 Å². The molecule has 2 rings (SSSR count).